The molecule has 2 aromatic rings. The molecule has 0 saturated carbocycles. The Bertz CT molecular complexity index is 644. The van der Waals surface area contributed by atoms with E-state index in [4.69, 9.17) is 4.74 Å². The maximum Gasteiger partial charge on any atom is 0.225 e. The van der Waals surface area contributed by atoms with E-state index < -0.39 is 0 Å². The Morgan fingerprint density at radius 2 is 1.72 bits per heavy atom. The van der Waals surface area contributed by atoms with Crippen molar-refractivity contribution >= 4 is 11.6 Å². The van der Waals surface area contributed by atoms with Gasteiger partial charge in [-0.15, -0.1) is 0 Å². The summed E-state index contributed by atoms with van der Waals surface area (Å²) in [6.07, 6.45) is 1.50. The quantitative estimate of drug-likeness (QED) is 0.651. The third-order valence-corrected chi connectivity index (χ3v) is 3.62. The molecular weight excluding hydrogens is 314 g/mol. The van der Waals surface area contributed by atoms with Gasteiger partial charge in [0.25, 0.3) is 0 Å². The van der Waals surface area contributed by atoms with Crippen molar-refractivity contribution in [3.05, 3.63) is 54.6 Å². The minimum Gasteiger partial charge on any atom is -0.455 e. The lowest BCUT2D eigenvalue weighted by molar-refractivity contribution is -0.116. The molecule has 0 bridgehead atoms. The van der Waals surface area contributed by atoms with Gasteiger partial charge in [0.2, 0.25) is 5.91 Å². The summed E-state index contributed by atoms with van der Waals surface area (Å²) < 4.78 is 5.86. The van der Waals surface area contributed by atoms with Gasteiger partial charge in [-0.1, -0.05) is 30.3 Å². The number of hydrogen-bond acceptors (Lipinski definition) is 4. The van der Waals surface area contributed by atoms with Gasteiger partial charge in [0.05, 0.1) is 5.69 Å². The van der Waals surface area contributed by atoms with E-state index in [-0.39, 0.29) is 5.91 Å². The van der Waals surface area contributed by atoms with E-state index >= 15 is 0 Å². The Hall–Kier alpha value is -2.37. The Balaban J connectivity index is 1.79. The van der Waals surface area contributed by atoms with E-state index in [2.05, 4.69) is 29.6 Å². The molecule has 0 aliphatic heterocycles. The zero-order valence-electron chi connectivity index (χ0n) is 15.0. The second kappa shape index (κ2) is 10.5. The van der Waals surface area contributed by atoms with Gasteiger partial charge in [0.15, 0.2) is 5.75 Å². The van der Waals surface area contributed by atoms with E-state index in [1.807, 2.05) is 54.6 Å². The number of benzene rings is 2. The van der Waals surface area contributed by atoms with Crippen LogP contribution >= 0.6 is 0 Å². The van der Waals surface area contributed by atoms with Crippen molar-refractivity contribution < 1.29 is 9.53 Å². The average molecular weight is 341 g/mol. The number of amides is 1. The number of anilines is 1. The second-order valence-corrected chi connectivity index (χ2v) is 6.12. The van der Waals surface area contributed by atoms with E-state index in [1.165, 1.54) is 0 Å². The molecule has 0 aliphatic carbocycles. The van der Waals surface area contributed by atoms with Crippen LogP contribution in [0.1, 0.15) is 12.8 Å². The van der Waals surface area contributed by atoms with Crippen LogP contribution in [0, 0.1) is 0 Å². The number of ether oxygens (including phenoxy) is 1. The highest BCUT2D eigenvalue weighted by Crippen LogP contribution is 2.29. The van der Waals surface area contributed by atoms with Crippen LogP contribution in [0.25, 0.3) is 0 Å². The summed E-state index contributed by atoms with van der Waals surface area (Å²) in [6.45, 7) is 2.63. The number of carbonyl (C=O) groups excluding carboxylic acids is 1. The van der Waals surface area contributed by atoms with Gasteiger partial charge in [0.1, 0.15) is 5.75 Å². The summed E-state index contributed by atoms with van der Waals surface area (Å²) in [4.78, 5) is 14.3. The number of nitrogens with zero attached hydrogens (tertiary/aromatic N) is 1. The molecule has 0 aliphatic rings. The largest absolute Gasteiger partial charge is 0.455 e. The van der Waals surface area contributed by atoms with Crippen LogP contribution in [0.3, 0.4) is 0 Å². The van der Waals surface area contributed by atoms with Gasteiger partial charge >= 0.3 is 0 Å². The van der Waals surface area contributed by atoms with Crippen molar-refractivity contribution in [2.24, 2.45) is 0 Å². The predicted molar refractivity (Wildman–Crippen MR) is 102 cm³/mol. The smallest absolute Gasteiger partial charge is 0.225 e. The average Bonchev–Trinajstić information content (AvgIpc) is 2.60. The van der Waals surface area contributed by atoms with Gasteiger partial charge < -0.3 is 20.3 Å². The molecule has 5 heteroatoms. The van der Waals surface area contributed by atoms with E-state index in [1.54, 1.807) is 0 Å². The van der Waals surface area contributed by atoms with Crippen LogP contribution in [0.2, 0.25) is 0 Å². The monoisotopic (exact) mass is 341 g/mol. The highest BCUT2D eigenvalue weighted by molar-refractivity contribution is 5.92. The molecule has 0 radical (unpaired) electrons. The van der Waals surface area contributed by atoms with Crippen molar-refractivity contribution in [1.82, 2.24) is 10.2 Å². The van der Waals surface area contributed by atoms with Crippen LogP contribution in [-0.4, -0.2) is 44.5 Å². The van der Waals surface area contributed by atoms with E-state index in [9.17, 15) is 4.79 Å². The number of carbonyl (C=O) groups is 1. The first-order valence-electron chi connectivity index (χ1n) is 8.62. The van der Waals surface area contributed by atoms with Crippen LogP contribution < -0.4 is 15.4 Å². The predicted octanol–water partition coefficient (Wildman–Crippen LogP) is 3.35. The fraction of sp³-hybridized carbons (Fsp3) is 0.350. The maximum absolute atomic E-state index is 12.1. The number of para-hydroxylation sites is 3. The first-order valence-corrected chi connectivity index (χ1v) is 8.62. The highest BCUT2D eigenvalue weighted by Gasteiger charge is 2.08. The lowest BCUT2D eigenvalue weighted by atomic mass is 10.2. The summed E-state index contributed by atoms with van der Waals surface area (Å²) in [5.74, 6) is 1.36. The maximum atomic E-state index is 12.1. The number of hydrogen-bond donors (Lipinski definition) is 2. The molecule has 2 N–H and O–H groups in total. The van der Waals surface area contributed by atoms with Crippen molar-refractivity contribution in [1.29, 1.82) is 0 Å². The highest BCUT2D eigenvalue weighted by atomic mass is 16.5. The van der Waals surface area contributed by atoms with Crippen molar-refractivity contribution in [2.75, 3.05) is 39.0 Å². The summed E-state index contributed by atoms with van der Waals surface area (Å²) in [5.41, 5.74) is 0.684. The first-order chi connectivity index (χ1) is 12.1. The summed E-state index contributed by atoms with van der Waals surface area (Å²) in [6, 6.07) is 17.0. The molecule has 2 aromatic carbocycles. The Morgan fingerprint density at radius 1 is 1.00 bits per heavy atom. The van der Waals surface area contributed by atoms with Crippen LogP contribution in [0.5, 0.6) is 11.5 Å². The topological polar surface area (TPSA) is 53.6 Å². The molecule has 25 heavy (non-hydrogen) atoms. The standard InChI is InChI=1S/C20H27N3O2/c1-23(2)16-8-14-21-15-13-20(24)22-18-11-6-7-12-19(18)25-17-9-4-3-5-10-17/h3-7,9-12,21H,8,13-16H2,1-2H3,(H,22,24). The zero-order valence-corrected chi connectivity index (χ0v) is 15.0. The van der Waals surface area contributed by atoms with Crippen LogP contribution in [-0.2, 0) is 4.79 Å². The molecule has 2 rings (SSSR count). The SMILES string of the molecule is CN(C)CCCNCCC(=O)Nc1ccccc1Oc1ccccc1. The molecule has 0 aromatic heterocycles. The molecule has 0 heterocycles. The molecule has 0 spiro atoms. The van der Waals surface area contributed by atoms with Gasteiger partial charge in [-0.2, -0.15) is 0 Å². The second-order valence-electron chi connectivity index (χ2n) is 6.12. The lowest BCUT2D eigenvalue weighted by Gasteiger charge is -2.12. The Morgan fingerprint density at radius 3 is 2.48 bits per heavy atom. The number of nitrogens with one attached hydrogen (secondary N) is 2. The third-order valence-electron chi connectivity index (χ3n) is 3.62. The van der Waals surface area contributed by atoms with Crippen molar-refractivity contribution in [2.45, 2.75) is 12.8 Å². The van der Waals surface area contributed by atoms with Crippen molar-refractivity contribution in [3.8, 4) is 11.5 Å². The Kier molecular flexibility index (Phi) is 7.95. The van der Waals surface area contributed by atoms with Gasteiger partial charge in [-0.25, -0.2) is 0 Å². The molecule has 1 amide bonds. The molecule has 0 unspecified atom stereocenters. The van der Waals surface area contributed by atoms with Gasteiger partial charge in [-0.3, -0.25) is 4.79 Å². The van der Waals surface area contributed by atoms with Crippen LogP contribution in [0.15, 0.2) is 54.6 Å². The van der Waals surface area contributed by atoms with Gasteiger partial charge in [0, 0.05) is 13.0 Å². The fourth-order valence-corrected chi connectivity index (χ4v) is 2.33. The molecule has 0 fully saturated rings. The minimum atomic E-state index is -0.0239. The summed E-state index contributed by atoms with van der Waals surface area (Å²) in [5, 5.41) is 6.22. The van der Waals surface area contributed by atoms with Crippen LogP contribution in [0.4, 0.5) is 5.69 Å². The zero-order chi connectivity index (χ0) is 17.9. The lowest BCUT2D eigenvalue weighted by Crippen LogP contribution is -2.25. The number of rotatable bonds is 10. The van der Waals surface area contributed by atoms with Crippen molar-refractivity contribution in [3.63, 3.8) is 0 Å². The summed E-state index contributed by atoms with van der Waals surface area (Å²) in [7, 11) is 4.12. The third kappa shape index (κ3) is 7.37. The molecular formula is C20H27N3O2. The Labute approximate surface area is 150 Å². The molecule has 134 valence electrons. The molecule has 0 atom stereocenters. The molecule has 0 saturated heterocycles. The minimum absolute atomic E-state index is 0.0239. The van der Waals surface area contributed by atoms with E-state index in [0.717, 1.165) is 25.3 Å². The first kappa shape index (κ1) is 19.0. The van der Waals surface area contributed by atoms with Gasteiger partial charge in [-0.05, 0) is 57.9 Å². The normalized spacial score (nSPS) is 10.7. The summed E-state index contributed by atoms with van der Waals surface area (Å²) >= 11 is 0. The van der Waals surface area contributed by atoms with E-state index in [0.29, 0.717) is 24.4 Å². The fourth-order valence-electron chi connectivity index (χ4n) is 2.33. The molecule has 5 nitrogen and oxygen atoms in total.